The molecule has 116 valence electrons. The molecule has 0 aliphatic heterocycles. The third-order valence-electron chi connectivity index (χ3n) is 3.50. The summed E-state index contributed by atoms with van der Waals surface area (Å²) in [6.45, 7) is 7.23. The lowest BCUT2D eigenvalue weighted by Crippen LogP contribution is -2.16. The molecule has 5 nitrogen and oxygen atoms in total. The fourth-order valence-electron chi connectivity index (χ4n) is 2.64. The second-order valence-electron chi connectivity index (χ2n) is 5.40. The molecule has 0 saturated carbocycles. The number of carbonyl (C=O) groups excluding carboxylic acids is 2. The first-order valence-corrected chi connectivity index (χ1v) is 7.41. The van der Waals surface area contributed by atoms with Crippen molar-refractivity contribution in [3.8, 4) is 0 Å². The highest BCUT2D eigenvalue weighted by molar-refractivity contribution is 6.07. The van der Waals surface area contributed by atoms with Gasteiger partial charge in [-0.1, -0.05) is 19.4 Å². The third kappa shape index (κ3) is 3.24. The Bertz CT molecular complexity index is 717. The maximum atomic E-state index is 12.5. The Morgan fingerprint density at radius 2 is 2.00 bits per heavy atom. The maximum Gasteiger partial charge on any atom is 0.273 e. The van der Waals surface area contributed by atoms with Crippen LogP contribution in [-0.2, 0) is 6.42 Å². The number of amides is 1. The highest BCUT2D eigenvalue weighted by Crippen LogP contribution is 2.22. The lowest BCUT2D eigenvalue weighted by molar-refractivity contribution is 0.101. The van der Waals surface area contributed by atoms with Crippen molar-refractivity contribution >= 4 is 17.5 Å². The Balaban J connectivity index is 2.37. The van der Waals surface area contributed by atoms with Gasteiger partial charge in [-0.2, -0.15) is 0 Å². The van der Waals surface area contributed by atoms with E-state index in [9.17, 15) is 9.59 Å². The van der Waals surface area contributed by atoms with Crippen LogP contribution in [0.25, 0.3) is 0 Å². The van der Waals surface area contributed by atoms with Crippen LogP contribution in [0, 0.1) is 13.8 Å². The van der Waals surface area contributed by atoms with E-state index in [1.807, 2.05) is 32.9 Å². The molecule has 2 aromatic rings. The molecule has 0 unspecified atom stereocenters. The van der Waals surface area contributed by atoms with Crippen molar-refractivity contribution in [2.45, 2.75) is 40.5 Å². The summed E-state index contributed by atoms with van der Waals surface area (Å²) in [7, 11) is 0. The standard InChI is InChI=1S/C17H21N3O2/c1-5-7-13-15(12(4)21)11(3)19-16(13)17(22)20-14-9-6-8-10(2)18-14/h6,8-9,19H,5,7H2,1-4H3,(H,18,20,22). The van der Waals surface area contributed by atoms with Crippen LogP contribution in [0.3, 0.4) is 0 Å². The largest absolute Gasteiger partial charge is 0.354 e. The maximum absolute atomic E-state index is 12.5. The molecule has 0 atom stereocenters. The summed E-state index contributed by atoms with van der Waals surface area (Å²) in [5, 5.41) is 2.78. The monoisotopic (exact) mass is 299 g/mol. The van der Waals surface area contributed by atoms with Crippen LogP contribution >= 0.6 is 0 Å². The van der Waals surface area contributed by atoms with E-state index in [0.29, 0.717) is 23.5 Å². The fourth-order valence-corrected chi connectivity index (χ4v) is 2.64. The summed E-state index contributed by atoms with van der Waals surface area (Å²) in [6, 6.07) is 5.45. The van der Waals surface area contributed by atoms with Gasteiger partial charge in [0.25, 0.3) is 5.91 Å². The molecule has 0 radical (unpaired) electrons. The van der Waals surface area contributed by atoms with Crippen LogP contribution in [0.4, 0.5) is 5.82 Å². The van der Waals surface area contributed by atoms with Gasteiger partial charge in [-0.05, 0) is 44.9 Å². The van der Waals surface area contributed by atoms with Gasteiger partial charge < -0.3 is 10.3 Å². The van der Waals surface area contributed by atoms with Gasteiger partial charge in [0.05, 0.1) is 0 Å². The van der Waals surface area contributed by atoms with Crippen LogP contribution < -0.4 is 5.32 Å². The molecule has 0 aromatic carbocycles. The molecule has 22 heavy (non-hydrogen) atoms. The van der Waals surface area contributed by atoms with E-state index < -0.39 is 0 Å². The van der Waals surface area contributed by atoms with E-state index in [1.165, 1.54) is 6.92 Å². The summed E-state index contributed by atoms with van der Waals surface area (Å²) in [4.78, 5) is 31.7. The Hall–Kier alpha value is -2.43. The summed E-state index contributed by atoms with van der Waals surface area (Å²) in [6.07, 6.45) is 1.55. The number of aromatic amines is 1. The highest BCUT2D eigenvalue weighted by atomic mass is 16.2. The van der Waals surface area contributed by atoms with Crippen LogP contribution in [0.15, 0.2) is 18.2 Å². The van der Waals surface area contributed by atoms with Gasteiger partial charge in [0.2, 0.25) is 0 Å². The Labute approximate surface area is 130 Å². The Morgan fingerprint density at radius 3 is 2.59 bits per heavy atom. The van der Waals surface area contributed by atoms with Crippen LogP contribution in [0.5, 0.6) is 0 Å². The lowest BCUT2D eigenvalue weighted by atomic mass is 10.0. The second kappa shape index (κ2) is 6.56. The average molecular weight is 299 g/mol. The quantitative estimate of drug-likeness (QED) is 0.830. The van der Waals surface area contributed by atoms with Gasteiger partial charge in [-0.15, -0.1) is 0 Å². The molecule has 0 spiro atoms. The smallest absolute Gasteiger partial charge is 0.273 e. The van der Waals surface area contributed by atoms with Gasteiger partial charge in [-0.3, -0.25) is 9.59 Å². The zero-order chi connectivity index (χ0) is 16.3. The van der Waals surface area contributed by atoms with Crippen molar-refractivity contribution in [2.75, 3.05) is 5.32 Å². The number of nitrogens with one attached hydrogen (secondary N) is 2. The number of aromatic nitrogens is 2. The lowest BCUT2D eigenvalue weighted by Gasteiger charge is -2.07. The van der Waals surface area contributed by atoms with Crippen LogP contribution in [0.2, 0.25) is 0 Å². The van der Waals surface area contributed by atoms with E-state index in [2.05, 4.69) is 15.3 Å². The highest BCUT2D eigenvalue weighted by Gasteiger charge is 2.22. The number of aryl methyl sites for hydroxylation is 2. The van der Waals surface area contributed by atoms with Crippen molar-refractivity contribution in [3.05, 3.63) is 46.4 Å². The molecule has 2 heterocycles. The number of rotatable bonds is 5. The molecule has 0 saturated heterocycles. The fraction of sp³-hybridized carbons (Fsp3) is 0.353. The molecule has 2 rings (SSSR count). The molecule has 2 N–H and O–H groups in total. The van der Waals surface area contributed by atoms with Crippen molar-refractivity contribution in [3.63, 3.8) is 0 Å². The number of pyridine rings is 1. The first-order chi connectivity index (χ1) is 10.4. The summed E-state index contributed by atoms with van der Waals surface area (Å²) >= 11 is 0. The molecule has 5 heteroatoms. The molecule has 0 fully saturated rings. The Kier molecular flexibility index (Phi) is 4.75. The second-order valence-corrected chi connectivity index (χ2v) is 5.40. The minimum atomic E-state index is -0.267. The van der Waals surface area contributed by atoms with E-state index in [-0.39, 0.29) is 11.7 Å². The SMILES string of the molecule is CCCc1c(C(=O)Nc2cccc(C)n2)[nH]c(C)c1C(C)=O. The summed E-state index contributed by atoms with van der Waals surface area (Å²) < 4.78 is 0. The minimum absolute atomic E-state index is 0.0232. The van der Waals surface area contributed by atoms with Crippen molar-refractivity contribution in [1.82, 2.24) is 9.97 Å². The summed E-state index contributed by atoms with van der Waals surface area (Å²) in [5.41, 5.74) is 3.44. The average Bonchev–Trinajstić information content (AvgIpc) is 2.76. The molecule has 2 aromatic heterocycles. The molecule has 0 bridgehead atoms. The number of carbonyl (C=O) groups is 2. The van der Waals surface area contributed by atoms with Crippen LogP contribution in [-0.4, -0.2) is 21.7 Å². The predicted octanol–water partition coefficient (Wildman–Crippen LogP) is 3.43. The van der Waals surface area contributed by atoms with E-state index in [0.717, 1.165) is 23.4 Å². The van der Waals surface area contributed by atoms with Gasteiger partial charge in [-0.25, -0.2) is 4.98 Å². The predicted molar refractivity (Wildman–Crippen MR) is 86.5 cm³/mol. The van der Waals surface area contributed by atoms with Gasteiger partial charge >= 0.3 is 0 Å². The van der Waals surface area contributed by atoms with E-state index in [4.69, 9.17) is 0 Å². The minimum Gasteiger partial charge on any atom is -0.354 e. The van der Waals surface area contributed by atoms with Gasteiger partial charge in [0.15, 0.2) is 5.78 Å². The van der Waals surface area contributed by atoms with Crippen molar-refractivity contribution < 1.29 is 9.59 Å². The number of anilines is 1. The van der Waals surface area contributed by atoms with Gasteiger partial charge in [0, 0.05) is 17.0 Å². The molecule has 1 amide bonds. The first kappa shape index (κ1) is 15.9. The van der Waals surface area contributed by atoms with E-state index >= 15 is 0 Å². The van der Waals surface area contributed by atoms with E-state index in [1.54, 1.807) is 6.07 Å². The molecular formula is C17H21N3O2. The Morgan fingerprint density at radius 1 is 1.27 bits per heavy atom. The van der Waals surface area contributed by atoms with Gasteiger partial charge in [0.1, 0.15) is 11.5 Å². The number of H-pyrrole nitrogens is 1. The number of Topliss-reactive ketones (excluding diaryl/α,β-unsaturated/α-hetero) is 1. The van der Waals surface area contributed by atoms with Crippen LogP contribution in [0.1, 0.15) is 58.1 Å². The number of nitrogens with zero attached hydrogens (tertiary/aromatic N) is 1. The third-order valence-corrected chi connectivity index (χ3v) is 3.50. The zero-order valence-corrected chi connectivity index (χ0v) is 13.4. The van der Waals surface area contributed by atoms with Crippen molar-refractivity contribution in [2.24, 2.45) is 0 Å². The topological polar surface area (TPSA) is 74.8 Å². The number of hydrogen-bond acceptors (Lipinski definition) is 3. The number of hydrogen-bond donors (Lipinski definition) is 2. The molecule has 0 aliphatic carbocycles. The zero-order valence-electron chi connectivity index (χ0n) is 13.4. The van der Waals surface area contributed by atoms with Crippen molar-refractivity contribution in [1.29, 1.82) is 0 Å². The number of ketones is 1. The molecular weight excluding hydrogens is 278 g/mol. The summed E-state index contributed by atoms with van der Waals surface area (Å²) in [5.74, 6) is 0.214. The molecule has 0 aliphatic rings. The normalized spacial score (nSPS) is 10.5. The first-order valence-electron chi connectivity index (χ1n) is 7.41.